The molecule has 0 saturated heterocycles. The van der Waals surface area contributed by atoms with E-state index >= 15 is 0 Å². The number of hydrogen-bond acceptors (Lipinski definition) is 5. The van der Waals surface area contributed by atoms with Crippen LogP contribution < -0.4 is 4.90 Å². The van der Waals surface area contributed by atoms with Gasteiger partial charge in [-0.1, -0.05) is 88.8 Å². The van der Waals surface area contributed by atoms with Crippen molar-refractivity contribution < 1.29 is 9.90 Å². The number of carbonyl (C=O) groups is 1. The van der Waals surface area contributed by atoms with E-state index in [1.54, 1.807) is 6.07 Å². The van der Waals surface area contributed by atoms with Gasteiger partial charge in [0.05, 0.1) is 0 Å². The molecule has 0 aliphatic rings. The van der Waals surface area contributed by atoms with E-state index < -0.39 is 5.97 Å². The number of unbranched alkanes of at least 4 members (excludes halogenated alkanes) is 6. The van der Waals surface area contributed by atoms with Crippen molar-refractivity contribution in [2.75, 3.05) is 4.90 Å². The van der Waals surface area contributed by atoms with Gasteiger partial charge in [-0.2, -0.15) is 0 Å². The highest BCUT2D eigenvalue weighted by molar-refractivity contribution is 7.17. The summed E-state index contributed by atoms with van der Waals surface area (Å²) in [7, 11) is 0. The second-order valence-electron chi connectivity index (χ2n) is 12.6. The topological polar surface area (TPSA) is 40.5 Å². The second kappa shape index (κ2) is 17.1. The van der Waals surface area contributed by atoms with Gasteiger partial charge >= 0.3 is 5.97 Å². The molecule has 0 atom stereocenters. The molecule has 0 aliphatic heterocycles. The van der Waals surface area contributed by atoms with Crippen LogP contribution in [0.4, 0.5) is 17.1 Å². The summed E-state index contributed by atoms with van der Waals surface area (Å²) in [4.78, 5) is 20.6. The van der Waals surface area contributed by atoms with Crippen LogP contribution in [-0.4, -0.2) is 11.1 Å². The van der Waals surface area contributed by atoms with E-state index in [-0.39, 0.29) is 0 Å². The number of anilines is 3. The lowest BCUT2D eigenvalue weighted by molar-refractivity contribution is 0.0702. The van der Waals surface area contributed by atoms with Crippen molar-refractivity contribution in [2.45, 2.75) is 78.1 Å². The Hall–Kier alpha value is -3.97. The zero-order valence-corrected chi connectivity index (χ0v) is 30.9. The predicted octanol–water partition coefficient (Wildman–Crippen LogP) is 14.3. The molecule has 1 N–H and O–H groups in total. The van der Waals surface area contributed by atoms with Crippen molar-refractivity contribution in [3.63, 3.8) is 0 Å². The summed E-state index contributed by atoms with van der Waals surface area (Å²) in [6, 6.07) is 39.0. The first-order chi connectivity index (χ1) is 24.0. The number of rotatable bonds is 17. The van der Waals surface area contributed by atoms with Crippen LogP contribution in [0.5, 0.6) is 0 Å². The first-order valence-corrected chi connectivity index (χ1v) is 20.1. The fraction of sp³-hybridized carbons (Fsp3) is 0.279. The van der Waals surface area contributed by atoms with E-state index in [0.717, 1.165) is 40.3 Å². The summed E-state index contributed by atoms with van der Waals surface area (Å²) < 4.78 is 0. The van der Waals surface area contributed by atoms with Crippen molar-refractivity contribution in [3.8, 4) is 31.3 Å². The third kappa shape index (κ3) is 8.99. The minimum absolute atomic E-state index is 0.351. The van der Waals surface area contributed by atoms with E-state index in [4.69, 9.17) is 0 Å². The summed E-state index contributed by atoms with van der Waals surface area (Å²) in [5.41, 5.74) is 6.74. The van der Waals surface area contributed by atoms with Crippen molar-refractivity contribution in [1.82, 2.24) is 0 Å². The van der Waals surface area contributed by atoms with Crippen molar-refractivity contribution >= 4 is 57.0 Å². The summed E-state index contributed by atoms with van der Waals surface area (Å²) in [5.74, 6) is -0.887. The number of aryl methyl sites for hydroxylation is 2. The molecule has 49 heavy (non-hydrogen) atoms. The van der Waals surface area contributed by atoms with Gasteiger partial charge in [-0.3, -0.25) is 0 Å². The largest absolute Gasteiger partial charge is 0.477 e. The molecule has 0 aliphatic carbocycles. The maximum atomic E-state index is 11.5. The van der Waals surface area contributed by atoms with Crippen molar-refractivity contribution in [1.29, 1.82) is 0 Å². The van der Waals surface area contributed by atoms with Crippen LogP contribution in [0.15, 0.2) is 109 Å². The number of carboxylic acids is 1. The molecule has 3 nitrogen and oxygen atoms in total. The van der Waals surface area contributed by atoms with Gasteiger partial charge in [-0.15, -0.1) is 34.0 Å². The monoisotopic (exact) mass is 703 g/mol. The third-order valence-corrected chi connectivity index (χ3v) is 12.4. The zero-order chi connectivity index (χ0) is 34.0. The molecule has 6 heteroatoms. The van der Waals surface area contributed by atoms with Gasteiger partial charge in [-0.25, -0.2) is 4.79 Å². The van der Waals surface area contributed by atoms with Crippen LogP contribution >= 0.6 is 34.0 Å². The Kier molecular flexibility index (Phi) is 12.2. The van der Waals surface area contributed by atoms with E-state index in [1.165, 1.54) is 93.3 Å². The van der Waals surface area contributed by atoms with Crippen LogP contribution in [0.1, 0.15) is 84.6 Å². The molecule has 0 unspecified atom stereocenters. The first kappa shape index (κ1) is 34.9. The van der Waals surface area contributed by atoms with Gasteiger partial charge in [0.1, 0.15) is 4.88 Å². The van der Waals surface area contributed by atoms with Gasteiger partial charge in [-0.05, 0) is 115 Å². The summed E-state index contributed by atoms with van der Waals surface area (Å²) in [6.45, 7) is 4.52. The molecule has 6 rings (SSSR count). The number of hydrogen-bond donors (Lipinski definition) is 1. The standard InChI is InChI=1S/C43H45NO2S3/c1-3-5-7-9-11-37-25-27-39(47-37)31-13-19-34(20-14-31)44(36-23-17-33(18-24-36)41-29-30-42(49-41)43(45)46)35-21-15-32(16-22-35)40-28-26-38(48-40)12-10-8-6-4-2/h13-30H,3-12H2,1-2H3,(H,45,46). The Morgan fingerprint density at radius 3 is 1.24 bits per heavy atom. The molecular formula is C43H45NO2S3. The number of nitrogens with zero attached hydrogens (tertiary/aromatic N) is 1. The Morgan fingerprint density at radius 2 is 0.878 bits per heavy atom. The minimum Gasteiger partial charge on any atom is -0.477 e. The van der Waals surface area contributed by atoms with Gasteiger partial charge in [0, 0.05) is 41.4 Å². The van der Waals surface area contributed by atoms with Gasteiger partial charge in [0.25, 0.3) is 0 Å². The first-order valence-electron chi connectivity index (χ1n) is 17.6. The number of carboxylic acid groups (broad SMARTS) is 1. The van der Waals surface area contributed by atoms with Gasteiger partial charge in [0.2, 0.25) is 0 Å². The minimum atomic E-state index is -0.887. The molecule has 0 radical (unpaired) electrons. The molecule has 0 fully saturated rings. The van der Waals surface area contributed by atoms with Crippen LogP contribution in [0, 0.1) is 0 Å². The maximum Gasteiger partial charge on any atom is 0.345 e. The second-order valence-corrected chi connectivity index (χ2v) is 16.0. The fourth-order valence-corrected chi connectivity index (χ4v) is 9.13. The van der Waals surface area contributed by atoms with E-state index in [2.05, 4.69) is 116 Å². The lowest BCUT2D eigenvalue weighted by atomic mass is 10.1. The summed E-state index contributed by atoms with van der Waals surface area (Å²) in [6.07, 6.45) is 12.6. The SMILES string of the molecule is CCCCCCc1ccc(-c2ccc(N(c3ccc(-c4ccc(CCCCCC)s4)cc3)c3ccc(-c4ccc(C(=O)O)s4)cc3)cc2)s1. The lowest BCUT2D eigenvalue weighted by Gasteiger charge is -2.26. The highest BCUT2D eigenvalue weighted by atomic mass is 32.1. The molecule has 0 bridgehead atoms. The van der Waals surface area contributed by atoms with Gasteiger partial charge in [0.15, 0.2) is 0 Å². The lowest BCUT2D eigenvalue weighted by Crippen LogP contribution is -2.09. The highest BCUT2D eigenvalue weighted by Gasteiger charge is 2.15. The number of thiophene rings is 3. The van der Waals surface area contributed by atoms with Crippen LogP contribution in [0.25, 0.3) is 31.3 Å². The highest BCUT2D eigenvalue weighted by Crippen LogP contribution is 2.40. The zero-order valence-electron chi connectivity index (χ0n) is 28.5. The van der Waals surface area contributed by atoms with E-state index in [9.17, 15) is 9.90 Å². The van der Waals surface area contributed by atoms with Crippen molar-refractivity contribution in [2.24, 2.45) is 0 Å². The molecule has 0 amide bonds. The summed E-state index contributed by atoms with van der Waals surface area (Å²) >= 11 is 5.13. The Morgan fingerprint density at radius 1 is 0.490 bits per heavy atom. The predicted molar refractivity (Wildman–Crippen MR) is 214 cm³/mol. The maximum absolute atomic E-state index is 11.5. The average Bonchev–Trinajstić information content (AvgIpc) is 3.92. The van der Waals surface area contributed by atoms with E-state index in [1.807, 2.05) is 28.7 Å². The summed E-state index contributed by atoms with van der Waals surface area (Å²) in [5, 5.41) is 9.41. The molecule has 3 aromatic carbocycles. The van der Waals surface area contributed by atoms with Crippen LogP contribution in [0.3, 0.4) is 0 Å². The van der Waals surface area contributed by atoms with E-state index in [0.29, 0.717) is 4.88 Å². The number of aromatic carboxylic acids is 1. The molecule has 3 heterocycles. The van der Waals surface area contributed by atoms with Crippen molar-refractivity contribution in [3.05, 3.63) is 124 Å². The number of benzene rings is 3. The smallest absolute Gasteiger partial charge is 0.345 e. The quantitative estimate of drug-likeness (QED) is 0.0962. The average molecular weight is 704 g/mol. The Balaban J connectivity index is 1.25. The molecule has 252 valence electrons. The third-order valence-electron chi connectivity index (χ3n) is 8.92. The fourth-order valence-electron chi connectivity index (χ4n) is 6.17. The van der Waals surface area contributed by atoms with Gasteiger partial charge < -0.3 is 10.0 Å². The normalized spacial score (nSPS) is 11.2. The Labute approximate surface area is 303 Å². The molecular weight excluding hydrogens is 659 g/mol. The molecule has 0 spiro atoms. The van der Waals surface area contributed by atoms with Crippen LogP contribution in [0.2, 0.25) is 0 Å². The molecule has 3 aromatic heterocycles. The molecule has 0 saturated carbocycles. The Bertz CT molecular complexity index is 1820. The van der Waals surface area contributed by atoms with Crippen LogP contribution in [-0.2, 0) is 12.8 Å². The molecule has 6 aromatic rings.